The molecule has 632 valence electrons. The van der Waals surface area contributed by atoms with Crippen LogP contribution in [-0.2, 0) is 28.4 Å². The second kappa shape index (κ2) is 33.4. The summed E-state index contributed by atoms with van der Waals surface area (Å²) >= 11 is 0. The Labute approximate surface area is 671 Å². The quantitative estimate of drug-likeness (QED) is 0.0198. The largest absolute Gasteiger partial charge is 0.504 e. The number of ether oxygens (including phenoxy) is 11. The van der Waals surface area contributed by atoms with Gasteiger partial charge in [-0.1, -0.05) is 0 Å². The van der Waals surface area contributed by atoms with E-state index in [4.69, 9.17) is 52.1 Å². The minimum atomic E-state index is -3.12. The van der Waals surface area contributed by atoms with Crippen LogP contribution in [-0.4, -0.2) is 225 Å². The lowest BCUT2D eigenvalue weighted by molar-refractivity contribution is -0.282. The highest BCUT2D eigenvalue weighted by Crippen LogP contribution is 2.48. The Balaban J connectivity index is 1.09. The van der Waals surface area contributed by atoms with Gasteiger partial charge in [0, 0.05) is 0 Å². The second-order valence-corrected chi connectivity index (χ2v) is 25.1. The van der Waals surface area contributed by atoms with Gasteiger partial charge in [0.15, 0.2) is 156 Å². The highest BCUT2D eigenvalue weighted by Gasteiger charge is 2.55. The SMILES string of the molecule is O=C(OC[C@H]1OC(OC(=O)c2cc(O)c(O)c(OC(=O)c3cc(O)c(O)c(O)c3)c2)C(OC(=O)c2cc(O)c(O)c(OC(=O)c3cc(O)c(O)c(O)c3)c2)[C@@H](OC(=O)c2cc(O)c(O)c(OC(=O)c3cc(O)c(O)c(O)c3)c2)C1OC(=O)c1cc(O)c(O)c(OC(=O)c2cc(O)c(O)c(O)c2)c1)c1cc(O)c(O)c(OC(=O)c2cc(O)c(O)c(O)c2)c1. The number of benzene rings is 10. The van der Waals surface area contributed by atoms with Crippen LogP contribution in [0.1, 0.15) is 104 Å². The van der Waals surface area contributed by atoms with E-state index in [9.17, 15) is 161 Å². The van der Waals surface area contributed by atoms with E-state index >= 15 is 14.4 Å². The molecule has 1 aliphatic rings. The van der Waals surface area contributed by atoms with Gasteiger partial charge >= 0.3 is 59.7 Å². The van der Waals surface area contributed by atoms with Gasteiger partial charge < -0.3 is 180 Å². The molecule has 1 heterocycles. The Bertz CT molecular complexity index is 5970. The Hall–Kier alpha value is -18.1. The maximum absolute atomic E-state index is 15.3. The first-order valence-electron chi connectivity index (χ1n) is 33.2. The number of esters is 10. The molecule has 0 bridgehead atoms. The lowest BCUT2D eigenvalue weighted by atomic mass is 9.97. The number of phenols is 25. The van der Waals surface area contributed by atoms with Crippen LogP contribution in [0.5, 0.6) is 172 Å². The van der Waals surface area contributed by atoms with Crippen molar-refractivity contribution >= 4 is 59.7 Å². The minimum Gasteiger partial charge on any atom is -0.504 e. The van der Waals surface area contributed by atoms with Gasteiger partial charge in [-0.15, -0.1) is 0 Å². The van der Waals surface area contributed by atoms with Crippen LogP contribution in [0.15, 0.2) is 121 Å². The van der Waals surface area contributed by atoms with Crippen LogP contribution < -0.4 is 23.7 Å². The molecule has 122 heavy (non-hydrogen) atoms. The van der Waals surface area contributed by atoms with Crippen LogP contribution in [0.25, 0.3) is 0 Å². The van der Waals surface area contributed by atoms with Crippen molar-refractivity contribution in [2.45, 2.75) is 30.7 Å². The fraction of sp³-hybridized carbons (Fsp3) is 0.0789. The van der Waals surface area contributed by atoms with E-state index < -0.39 is 325 Å². The maximum Gasteiger partial charge on any atom is 0.343 e. The predicted molar refractivity (Wildman–Crippen MR) is 383 cm³/mol. The number of carbonyl (C=O) groups is 10. The summed E-state index contributed by atoms with van der Waals surface area (Å²) in [7, 11) is 0. The van der Waals surface area contributed by atoms with Gasteiger partial charge in [-0.05, 0) is 121 Å². The summed E-state index contributed by atoms with van der Waals surface area (Å²) in [6, 6.07) is 8.56. The average molecular weight is 1700 g/mol. The Morgan fingerprint density at radius 1 is 0.205 bits per heavy atom. The molecule has 0 amide bonds. The summed E-state index contributed by atoms with van der Waals surface area (Å²) in [5.41, 5.74) is -9.89. The summed E-state index contributed by atoms with van der Waals surface area (Å²) in [5, 5.41) is 261. The van der Waals surface area contributed by atoms with Crippen molar-refractivity contribution in [2.75, 3.05) is 6.61 Å². The van der Waals surface area contributed by atoms with Crippen molar-refractivity contribution in [2.24, 2.45) is 0 Å². The Morgan fingerprint density at radius 2 is 0.377 bits per heavy atom. The summed E-state index contributed by atoms with van der Waals surface area (Å²) < 4.78 is 60.4. The van der Waals surface area contributed by atoms with Gasteiger partial charge in [-0.25, -0.2) is 47.9 Å². The van der Waals surface area contributed by atoms with E-state index in [0.29, 0.717) is 121 Å². The molecule has 1 saturated heterocycles. The van der Waals surface area contributed by atoms with E-state index in [0.717, 1.165) is 0 Å². The number of hydrogen-bond donors (Lipinski definition) is 25. The molecule has 5 atom stereocenters. The van der Waals surface area contributed by atoms with Crippen molar-refractivity contribution < 1.29 is 228 Å². The molecule has 0 spiro atoms. The molecule has 0 radical (unpaired) electrons. The molecule has 1 aliphatic heterocycles. The van der Waals surface area contributed by atoms with Crippen molar-refractivity contribution in [3.63, 3.8) is 0 Å². The van der Waals surface area contributed by atoms with E-state index in [1.165, 1.54) is 0 Å². The zero-order valence-electron chi connectivity index (χ0n) is 59.9. The third-order valence-corrected chi connectivity index (χ3v) is 16.9. The van der Waals surface area contributed by atoms with Crippen molar-refractivity contribution in [3.05, 3.63) is 177 Å². The van der Waals surface area contributed by atoms with Gasteiger partial charge in [0.05, 0.1) is 55.6 Å². The molecule has 10 aromatic carbocycles. The van der Waals surface area contributed by atoms with Crippen molar-refractivity contribution in [3.8, 4) is 172 Å². The average Bonchev–Trinajstić information content (AvgIpc) is 0.764. The summed E-state index contributed by atoms with van der Waals surface area (Å²) in [5.74, 6) is -56.0. The van der Waals surface area contributed by atoms with Gasteiger partial charge in [0.2, 0.25) is 41.1 Å². The fourth-order valence-electron chi connectivity index (χ4n) is 10.8. The molecule has 0 aliphatic carbocycles. The van der Waals surface area contributed by atoms with Gasteiger partial charge in [0.25, 0.3) is 0 Å². The normalized spacial score (nSPS) is 14.6. The van der Waals surface area contributed by atoms with Crippen molar-refractivity contribution in [1.82, 2.24) is 0 Å². The van der Waals surface area contributed by atoms with Crippen molar-refractivity contribution in [1.29, 1.82) is 0 Å². The molecular weight excluding hydrogens is 1650 g/mol. The number of aromatic hydroxyl groups is 25. The lowest BCUT2D eigenvalue weighted by Gasteiger charge is -2.43. The highest BCUT2D eigenvalue weighted by atomic mass is 16.8. The number of rotatable bonds is 21. The van der Waals surface area contributed by atoms with Crippen LogP contribution in [0.4, 0.5) is 0 Å². The molecule has 46 heteroatoms. The van der Waals surface area contributed by atoms with Crippen LogP contribution in [0.2, 0.25) is 0 Å². The van der Waals surface area contributed by atoms with Crippen LogP contribution >= 0.6 is 0 Å². The number of phenolic OH excluding ortho intramolecular Hbond substituents is 25. The molecule has 1 fully saturated rings. The standard InChI is InChI=1S/C76H52O46/c77-32-1-22(2-33(78)53(32)92)67(103)113-47-16-27(11-42(87)58(47)97)66(102)112-21-52-63(119-72(108)28-12-43(88)59(98)48(17-28)114-68(104)23-3-34(79)54(93)35(80)4-23)64(120-73(109)29-13-44(89)60(99)49(18-29)115-69(105)24-5-36(81)55(94)37(82)6-24)65(121-74(110)30-14-45(90)61(100)50(19-30)116-70(106)25-7-38(83)56(95)39(84)8-25)76(118-52)122-75(111)31-15-46(91)62(101)51(20-31)117-71(107)26-9-40(85)57(96)41(86)10-26/h1-20,52,63-65,76-101H,21H2/t52-,63?,64+,65?,76?/m1/s1. The maximum atomic E-state index is 15.3. The molecular formula is C76H52O46. The first kappa shape index (κ1) is 84.8. The number of hydrogen-bond acceptors (Lipinski definition) is 46. The molecule has 11 rings (SSSR count). The molecule has 46 nitrogen and oxygen atoms in total. The first-order chi connectivity index (χ1) is 57.4. The molecule has 10 aromatic rings. The van der Waals surface area contributed by atoms with Gasteiger partial charge in [-0.2, -0.15) is 0 Å². The molecule has 3 unspecified atom stereocenters. The van der Waals surface area contributed by atoms with Gasteiger partial charge in [0.1, 0.15) is 12.7 Å². The Morgan fingerprint density at radius 3 is 0.598 bits per heavy atom. The number of carbonyl (C=O) groups excluding carboxylic acids is 10. The minimum absolute atomic E-state index is 0.295. The highest BCUT2D eigenvalue weighted by molar-refractivity contribution is 6.00. The lowest BCUT2D eigenvalue weighted by Crippen LogP contribution is -2.63. The summed E-state index contributed by atoms with van der Waals surface area (Å²) in [6.07, 6.45) is -15.1. The van der Waals surface area contributed by atoms with E-state index in [-0.39, 0.29) is 0 Å². The van der Waals surface area contributed by atoms with Crippen LogP contribution in [0, 0.1) is 0 Å². The topological polar surface area (TPSA) is 778 Å². The third kappa shape index (κ3) is 17.6. The smallest absolute Gasteiger partial charge is 0.343 e. The van der Waals surface area contributed by atoms with E-state index in [1.54, 1.807) is 0 Å². The van der Waals surface area contributed by atoms with E-state index in [1.807, 2.05) is 0 Å². The second-order valence-electron chi connectivity index (χ2n) is 25.1. The predicted octanol–water partition coefficient (Wildman–Crippen LogP) is 4.84. The van der Waals surface area contributed by atoms with E-state index in [2.05, 4.69) is 0 Å². The first-order valence-corrected chi connectivity index (χ1v) is 33.2. The molecule has 25 N–H and O–H groups in total. The third-order valence-electron chi connectivity index (χ3n) is 16.9. The zero-order chi connectivity index (χ0) is 89.4. The zero-order valence-corrected chi connectivity index (χ0v) is 59.9. The summed E-state index contributed by atoms with van der Waals surface area (Å²) in [4.78, 5) is 142. The monoisotopic (exact) mass is 1700 g/mol. The molecule has 0 aromatic heterocycles. The fourth-order valence-corrected chi connectivity index (χ4v) is 10.8. The van der Waals surface area contributed by atoms with Crippen LogP contribution in [0.3, 0.4) is 0 Å². The molecule has 0 saturated carbocycles. The Kier molecular flexibility index (Phi) is 23.2. The van der Waals surface area contributed by atoms with Gasteiger partial charge in [-0.3, -0.25) is 0 Å². The summed E-state index contributed by atoms with van der Waals surface area (Å²) in [6.45, 7) is -1.71.